The lowest BCUT2D eigenvalue weighted by atomic mass is 10.1. The predicted octanol–water partition coefficient (Wildman–Crippen LogP) is 4.97. The molecule has 4 nitrogen and oxygen atoms in total. The van der Waals surface area contributed by atoms with Crippen molar-refractivity contribution >= 4 is 39.4 Å². The van der Waals surface area contributed by atoms with Crippen LogP contribution in [0.15, 0.2) is 47.2 Å². The van der Waals surface area contributed by atoms with Crippen molar-refractivity contribution < 1.29 is 4.79 Å². The molecule has 0 radical (unpaired) electrons. The van der Waals surface area contributed by atoms with Gasteiger partial charge in [-0.15, -0.1) is 22.7 Å². The fourth-order valence-electron chi connectivity index (χ4n) is 2.39. The number of hydrogen-bond acceptors (Lipinski definition) is 5. The van der Waals surface area contributed by atoms with Crippen LogP contribution < -0.4 is 10.2 Å². The molecule has 124 valence electrons. The average molecular weight is 358 g/mol. The van der Waals surface area contributed by atoms with Gasteiger partial charge >= 0.3 is 0 Å². The van der Waals surface area contributed by atoms with Crippen molar-refractivity contribution in [2.45, 2.75) is 13.8 Å². The minimum absolute atomic E-state index is 0.0794. The van der Waals surface area contributed by atoms with Gasteiger partial charge in [0, 0.05) is 29.7 Å². The van der Waals surface area contributed by atoms with Crippen molar-refractivity contribution in [3.8, 4) is 11.3 Å². The van der Waals surface area contributed by atoms with E-state index in [0.717, 1.165) is 35.2 Å². The molecule has 3 rings (SSSR count). The summed E-state index contributed by atoms with van der Waals surface area (Å²) in [7, 11) is 0. The molecule has 0 saturated carbocycles. The largest absolute Gasteiger partial charge is 0.349 e. The first-order valence-corrected chi connectivity index (χ1v) is 9.63. The molecule has 1 aromatic carbocycles. The molecule has 0 fully saturated rings. The number of nitrogens with zero attached hydrogens (tertiary/aromatic N) is 2. The highest BCUT2D eigenvalue weighted by Gasteiger charge is 2.11. The number of nitrogens with one attached hydrogen (secondary N) is 1. The summed E-state index contributed by atoms with van der Waals surface area (Å²) in [5.74, 6) is -0.0794. The Balaban J connectivity index is 1.79. The normalized spacial score (nSPS) is 10.6. The molecule has 0 bridgehead atoms. The van der Waals surface area contributed by atoms with E-state index in [1.54, 1.807) is 11.3 Å². The second-order valence-electron chi connectivity index (χ2n) is 5.20. The van der Waals surface area contributed by atoms with E-state index in [-0.39, 0.29) is 5.91 Å². The van der Waals surface area contributed by atoms with Crippen molar-refractivity contribution in [1.82, 2.24) is 4.98 Å². The third-order valence-corrected chi connectivity index (χ3v) is 5.46. The Bertz CT molecular complexity index is 807. The molecular weight excluding hydrogens is 338 g/mol. The molecule has 0 atom stereocenters. The van der Waals surface area contributed by atoms with Gasteiger partial charge in [-0.25, -0.2) is 4.98 Å². The lowest BCUT2D eigenvalue weighted by Crippen LogP contribution is -2.21. The number of aromatic nitrogens is 1. The molecule has 0 aliphatic rings. The summed E-state index contributed by atoms with van der Waals surface area (Å²) in [5, 5.41) is 7.94. The summed E-state index contributed by atoms with van der Waals surface area (Å²) in [6.07, 6.45) is 0. The Morgan fingerprint density at radius 2 is 2.00 bits per heavy atom. The van der Waals surface area contributed by atoms with Gasteiger partial charge in [0.15, 0.2) is 5.13 Å². The highest BCUT2D eigenvalue weighted by Crippen LogP contribution is 2.29. The van der Waals surface area contributed by atoms with Crippen molar-refractivity contribution in [2.24, 2.45) is 0 Å². The number of hydrogen-bond donors (Lipinski definition) is 1. The monoisotopic (exact) mass is 357 g/mol. The molecule has 2 heterocycles. The molecule has 1 N–H and O–H groups in total. The molecule has 0 spiro atoms. The van der Waals surface area contributed by atoms with E-state index in [0.29, 0.717) is 4.88 Å². The topological polar surface area (TPSA) is 45.2 Å². The average Bonchev–Trinajstić information content (AvgIpc) is 3.28. The minimum atomic E-state index is -0.0794. The number of amides is 1. The second-order valence-corrected chi connectivity index (χ2v) is 6.98. The van der Waals surface area contributed by atoms with Gasteiger partial charge in [0.2, 0.25) is 0 Å². The first-order valence-electron chi connectivity index (χ1n) is 7.87. The Hall–Kier alpha value is -2.18. The molecule has 1 amide bonds. The number of benzene rings is 1. The van der Waals surface area contributed by atoms with Gasteiger partial charge in [0.25, 0.3) is 5.91 Å². The highest BCUT2D eigenvalue weighted by molar-refractivity contribution is 7.14. The maximum atomic E-state index is 12.2. The highest BCUT2D eigenvalue weighted by atomic mass is 32.1. The lowest BCUT2D eigenvalue weighted by Gasteiger charge is -2.16. The molecule has 24 heavy (non-hydrogen) atoms. The maximum Gasteiger partial charge on any atom is 0.265 e. The van der Waals surface area contributed by atoms with Crippen molar-refractivity contribution in [3.63, 3.8) is 0 Å². The van der Waals surface area contributed by atoms with Gasteiger partial charge in [-0.1, -0.05) is 18.2 Å². The Morgan fingerprint density at radius 1 is 1.17 bits per heavy atom. The smallest absolute Gasteiger partial charge is 0.265 e. The van der Waals surface area contributed by atoms with Crippen LogP contribution >= 0.6 is 22.7 Å². The van der Waals surface area contributed by atoms with E-state index >= 15 is 0 Å². The van der Waals surface area contributed by atoms with Crippen LogP contribution in [0.2, 0.25) is 0 Å². The van der Waals surface area contributed by atoms with E-state index in [1.165, 1.54) is 11.3 Å². The number of thiazole rings is 1. The SMILES string of the molecule is CCN(CC)c1nc(-c2cccc(NC(=O)c3cccs3)c2)cs1. The van der Waals surface area contributed by atoms with Crippen LogP contribution in [0.3, 0.4) is 0 Å². The lowest BCUT2D eigenvalue weighted by molar-refractivity contribution is 0.103. The first kappa shape index (κ1) is 16.7. The van der Waals surface area contributed by atoms with Crippen LogP contribution in [0.25, 0.3) is 11.3 Å². The summed E-state index contributed by atoms with van der Waals surface area (Å²) in [5.41, 5.74) is 2.73. The number of anilines is 2. The summed E-state index contributed by atoms with van der Waals surface area (Å²) >= 11 is 3.08. The number of thiophene rings is 1. The van der Waals surface area contributed by atoms with Gasteiger partial charge in [-0.05, 0) is 37.4 Å². The summed E-state index contributed by atoms with van der Waals surface area (Å²) in [6, 6.07) is 11.5. The van der Waals surface area contributed by atoms with Crippen LogP contribution in [0.5, 0.6) is 0 Å². The Labute approximate surface area is 149 Å². The van der Waals surface area contributed by atoms with E-state index in [1.807, 2.05) is 41.8 Å². The zero-order chi connectivity index (χ0) is 16.9. The summed E-state index contributed by atoms with van der Waals surface area (Å²) in [4.78, 5) is 19.8. The molecule has 3 aromatic rings. The first-order chi connectivity index (χ1) is 11.7. The van der Waals surface area contributed by atoms with Gasteiger partial charge in [-0.3, -0.25) is 4.79 Å². The zero-order valence-electron chi connectivity index (χ0n) is 13.7. The van der Waals surface area contributed by atoms with Gasteiger partial charge in [0.05, 0.1) is 10.6 Å². The van der Waals surface area contributed by atoms with Crippen LogP contribution in [-0.4, -0.2) is 24.0 Å². The minimum Gasteiger partial charge on any atom is -0.349 e. The van der Waals surface area contributed by atoms with Crippen molar-refractivity contribution in [2.75, 3.05) is 23.3 Å². The van der Waals surface area contributed by atoms with Crippen molar-refractivity contribution in [3.05, 3.63) is 52.0 Å². The number of carbonyl (C=O) groups is 1. The van der Waals surface area contributed by atoms with Crippen LogP contribution in [-0.2, 0) is 0 Å². The Morgan fingerprint density at radius 3 is 2.71 bits per heavy atom. The van der Waals surface area contributed by atoms with E-state index < -0.39 is 0 Å². The summed E-state index contributed by atoms with van der Waals surface area (Å²) < 4.78 is 0. The number of rotatable bonds is 6. The second kappa shape index (κ2) is 7.59. The fourth-order valence-corrected chi connectivity index (χ4v) is 3.98. The quantitative estimate of drug-likeness (QED) is 0.677. The van der Waals surface area contributed by atoms with Crippen LogP contribution in [0, 0.1) is 0 Å². The zero-order valence-corrected chi connectivity index (χ0v) is 15.3. The van der Waals surface area contributed by atoms with Gasteiger partial charge < -0.3 is 10.2 Å². The van der Waals surface area contributed by atoms with Crippen LogP contribution in [0.1, 0.15) is 23.5 Å². The van der Waals surface area contributed by atoms with Gasteiger partial charge in [0.1, 0.15) is 0 Å². The predicted molar refractivity (Wildman–Crippen MR) is 103 cm³/mol. The molecule has 0 saturated heterocycles. The fraction of sp³-hybridized carbons (Fsp3) is 0.222. The summed E-state index contributed by atoms with van der Waals surface area (Å²) in [6.45, 7) is 6.15. The molecule has 2 aromatic heterocycles. The maximum absolute atomic E-state index is 12.2. The van der Waals surface area contributed by atoms with E-state index in [2.05, 4.69) is 29.4 Å². The third-order valence-electron chi connectivity index (χ3n) is 3.69. The molecule has 0 unspecified atom stereocenters. The van der Waals surface area contributed by atoms with E-state index in [4.69, 9.17) is 4.98 Å². The van der Waals surface area contributed by atoms with E-state index in [9.17, 15) is 4.79 Å². The van der Waals surface area contributed by atoms with Crippen molar-refractivity contribution in [1.29, 1.82) is 0 Å². The molecule has 6 heteroatoms. The molecule has 0 aliphatic carbocycles. The third kappa shape index (κ3) is 3.66. The molecular formula is C18H19N3OS2. The number of carbonyl (C=O) groups excluding carboxylic acids is 1. The van der Waals surface area contributed by atoms with Gasteiger partial charge in [-0.2, -0.15) is 0 Å². The standard InChI is InChI=1S/C18H19N3OS2/c1-3-21(4-2)18-20-15(12-24-18)13-7-5-8-14(11-13)19-17(22)16-9-6-10-23-16/h5-12H,3-4H2,1-2H3,(H,19,22). The van der Waals surface area contributed by atoms with Crippen LogP contribution in [0.4, 0.5) is 10.8 Å². The Kier molecular flexibility index (Phi) is 5.27. The molecule has 0 aliphatic heterocycles.